The number of hydrogen-bond donors (Lipinski definition) is 4. The molecule has 4 aliphatic carbocycles. The highest BCUT2D eigenvalue weighted by molar-refractivity contribution is 6.25. The van der Waals surface area contributed by atoms with Gasteiger partial charge in [-0.3, -0.25) is 19.2 Å². The topological polar surface area (TPSA) is 149 Å². The lowest BCUT2D eigenvalue weighted by Crippen LogP contribution is -2.67. The standard InChI is InChI=1S/C38H38O8/c1-19(2)30-32(42)28(20(3)39)34(44)38(46)35(45)31-33(43)29-25(17-36(31,4)18-37(30,38)5)24(13-14-26(29)40)23-12-8-9-21(15-23)16-27(41)22-10-6-7-11-22/h6-10,12-15,19,30,40,42,45-46H,11,16-18H2,1-5H3/t30?,36-,37-,38+/m1/s1. The fraction of sp³-hybridized carbons (Fsp3) is 0.368. The molecule has 0 spiro atoms. The highest BCUT2D eigenvalue weighted by atomic mass is 16.3. The number of allylic oxidation sites excluding steroid dienone is 6. The number of phenols is 1. The molecule has 0 heterocycles. The van der Waals surface area contributed by atoms with Crippen LogP contribution in [0.2, 0.25) is 0 Å². The number of carbonyl (C=O) groups excluding carboxylic acids is 4. The molecule has 238 valence electrons. The second kappa shape index (κ2) is 10.5. The first-order chi connectivity index (χ1) is 21.6. The minimum atomic E-state index is -2.66. The van der Waals surface area contributed by atoms with Crippen LogP contribution in [0.1, 0.15) is 68.9 Å². The fourth-order valence-electron chi connectivity index (χ4n) is 8.80. The number of rotatable bonds is 6. The SMILES string of the molecule is CC(=O)C1=C(O)C(C(C)C)[C@@]2(C)C[C@@]3(C)Cc4c(-c5cccc(CC(=O)C6=CC=CC6)c5)ccc(O)c4C(=O)C3=C(O)[C@@]2(O)C1=O. The van der Waals surface area contributed by atoms with Crippen molar-refractivity contribution in [3.05, 3.63) is 99.6 Å². The predicted molar refractivity (Wildman–Crippen MR) is 171 cm³/mol. The number of Topliss-reactive ketones (excluding diaryl/α,β-unsaturated/α-hetero) is 4. The van der Waals surface area contributed by atoms with Crippen LogP contribution >= 0.6 is 0 Å². The van der Waals surface area contributed by atoms with E-state index in [9.17, 15) is 39.6 Å². The zero-order valence-corrected chi connectivity index (χ0v) is 26.6. The quantitative estimate of drug-likeness (QED) is 0.286. The van der Waals surface area contributed by atoms with Gasteiger partial charge in [0.15, 0.2) is 23.0 Å². The Balaban J connectivity index is 1.51. The molecule has 4 atom stereocenters. The number of carbonyl (C=O) groups is 4. The maximum Gasteiger partial charge on any atom is 0.209 e. The van der Waals surface area contributed by atoms with Crippen LogP contribution in [0.5, 0.6) is 5.75 Å². The molecule has 46 heavy (non-hydrogen) atoms. The van der Waals surface area contributed by atoms with Gasteiger partial charge in [-0.05, 0) is 66.0 Å². The first kappa shape index (κ1) is 31.4. The zero-order chi connectivity index (χ0) is 33.5. The van der Waals surface area contributed by atoms with E-state index in [-0.39, 0.29) is 47.8 Å². The Morgan fingerprint density at radius 3 is 2.39 bits per heavy atom. The number of aromatic hydroxyl groups is 1. The summed E-state index contributed by atoms with van der Waals surface area (Å²) in [6.07, 6.45) is 6.60. The van der Waals surface area contributed by atoms with E-state index in [0.29, 0.717) is 17.5 Å². The van der Waals surface area contributed by atoms with Gasteiger partial charge in [0.05, 0.1) is 5.56 Å². The molecule has 0 aliphatic heterocycles. The molecule has 0 fully saturated rings. The molecule has 0 amide bonds. The van der Waals surface area contributed by atoms with Crippen molar-refractivity contribution < 1.29 is 39.6 Å². The smallest absolute Gasteiger partial charge is 0.209 e. The molecule has 4 aliphatic rings. The van der Waals surface area contributed by atoms with Crippen molar-refractivity contribution in [1.82, 2.24) is 0 Å². The lowest BCUT2D eigenvalue weighted by Gasteiger charge is -2.59. The molecule has 2 aromatic carbocycles. The maximum absolute atomic E-state index is 14.4. The number of fused-ring (bicyclic) bond motifs is 3. The summed E-state index contributed by atoms with van der Waals surface area (Å²) in [7, 11) is 0. The molecule has 4 N–H and O–H groups in total. The van der Waals surface area contributed by atoms with Gasteiger partial charge in [-0.25, -0.2) is 0 Å². The molecule has 2 aromatic rings. The average molecular weight is 623 g/mol. The molecule has 8 heteroatoms. The van der Waals surface area contributed by atoms with Crippen LogP contribution < -0.4 is 0 Å². The number of aliphatic hydroxyl groups excluding tert-OH is 2. The summed E-state index contributed by atoms with van der Waals surface area (Å²) in [5.74, 6) is -5.42. The van der Waals surface area contributed by atoms with Crippen molar-refractivity contribution in [3.8, 4) is 16.9 Å². The summed E-state index contributed by atoms with van der Waals surface area (Å²) in [4.78, 5) is 53.7. The van der Waals surface area contributed by atoms with Gasteiger partial charge in [0, 0.05) is 28.7 Å². The van der Waals surface area contributed by atoms with Gasteiger partial charge in [-0.1, -0.05) is 76.3 Å². The zero-order valence-electron chi connectivity index (χ0n) is 26.6. The van der Waals surface area contributed by atoms with Crippen LogP contribution in [0.3, 0.4) is 0 Å². The van der Waals surface area contributed by atoms with E-state index in [2.05, 4.69) is 0 Å². The second-order valence-electron chi connectivity index (χ2n) is 14.1. The van der Waals surface area contributed by atoms with E-state index in [1.54, 1.807) is 33.8 Å². The summed E-state index contributed by atoms with van der Waals surface area (Å²) < 4.78 is 0. The predicted octanol–water partition coefficient (Wildman–Crippen LogP) is 6.01. The van der Waals surface area contributed by atoms with Gasteiger partial charge in [0.25, 0.3) is 0 Å². The number of benzene rings is 2. The van der Waals surface area contributed by atoms with Crippen molar-refractivity contribution in [3.63, 3.8) is 0 Å². The molecule has 6 rings (SSSR count). The fourth-order valence-corrected chi connectivity index (χ4v) is 8.80. The van der Waals surface area contributed by atoms with Gasteiger partial charge in [-0.15, -0.1) is 0 Å². The highest BCUT2D eigenvalue weighted by Crippen LogP contribution is 2.65. The first-order valence-corrected chi connectivity index (χ1v) is 15.6. The highest BCUT2D eigenvalue weighted by Gasteiger charge is 2.71. The van der Waals surface area contributed by atoms with Crippen molar-refractivity contribution >= 4 is 23.1 Å². The van der Waals surface area contributed by atoms with E-state index in [1.165, 1.54) is 6.07 Å². The average Bonchev–Trinajstić information content (AvgIpc) is 3.50. The van der Waals surface area contributed by atoms with E-state index in [1.807, 2.05) is 42.5 Å². The minimum absolute atomic E-state index is 0.0116. The van der Waals surface area contributed by atoms with Gasteiger partial charge in [-0.2, -0.15) is 0 Å². The number of phenolic OH excluding ortho intramolecular Hbond substituents is 1. The Labute approximate surface area is 267 Å². The third-order valence-electron chi connectivity index (χ3n) is 10.6. The van der Waals surface area contributed by atoms with E-state index >= 15 is 0 Å². The Kier molecular flexibility index (Phi) is 7.17. The lowest BCUT2D eigenvalue weighted by molar-refractivity contribution is -0.171. The van der Waals surface area contributed by atoms with Crippen LogP contribution in [-0.2, 0) is 27.2 Å². The van der Waals surface area contributed by atoms with E-state index < -0.39 is 56.8 Å². The van der Waals surface area contributed by atoms with E-state index in [4.69, 9.17) is 0 Å². The Morgan fingerprint density at radius 2 is 1.76 bits per heavy atom. The molecule has 0 radical (unpaired) electrons. The van der Waals surface area contributed by atoms with Gasteiger partial charge in [0.2, 0.25) is 5.78 Å². The van der Waals surface area contributed by atoms with Gasteiger partial charge >= 0.3 is 0 Å². The molecule has 8 nitrogen and oxygen atoms in total. The third-order valence-corrected chi connectivity index (χ3v) is 10.6. The van der Waals surface area contributed by atoms with Crippen LogP contribution in [-0.4, -0.2) is 49.2 Å². The molecular formula is C38H38O8. The molecule has 0 aromatic heterocycles. The summed E-state index contributed by atoms with van der Waals surface area (Å²) in [5, 5.41) is 46.5. The van der Waals surface area contributed by atoms with Crippen molar-refractivity contribution in [1.29, 1.82) is 0 Å². The van der Waals surface area contributed by atoms with Gasteiger partial charge < -0.3 is 20.4 Å². The summed E-state index contributed by atoms with van der Waals surface area (Å²) in [6.45, 7) is 8.10. The number of aliphatic hydroxyl groups is 3. The summed E-state index contributed by atoms with van der Waals surface area (Å²) in [5.41, 5.74) is -2.61. The molecule has 0 saturated carbocycles. The Bertz CT molecular complexity index is 1890. The number of hydrogen-bond acceptors (Lipinski definition) is 8. The van der Waals surface area contributed by atoms with Crippen LogP contribution in [0, 0.1) is 22.7 Å². The number of ketones is 4. The third kappa shape index (κ3) is 4.23. The lowest BCUT2D eigenvalue weighted by atomic mass is 9.44. The van der Waals surface area contributed by atoms with Crippen LogP contribution in [0.15, 0.2) is 82.9 Å². The Hall–Kier alpha value is -4.56. The van der Waals surface area contributed by atoms with Crippen molar-refractivity contribution in [2.45, 2.75) is 65.9 Å². The molecule has 0 bridgehead atoms. The maximum atomic E-state index is 14.4. The van der Waals surface area contributed by atoms with Crippen LogP contribution in [0.25, 0.3) is 11.1 Å². The normalized spacial score (nSPS) is 28.7. The monoisotopic (exact) mass is 622 g/mol. The van der Waals surface area contributed by atoms with Crippen LogP contribution in [0.4, 0.5) is 0 Å². The molecule has 1 unspecified atom stereocenters. The minimum Gasteiger partial charge on any atom is -0.511 e. The Morgan fingerprint density at radius 1 is 1.04 bits per heavy atom. The first-order valence-electron chi connectivity index (χ1n) is 15.6. The molecular weight excluding hydrogens is 584 g/mol. The van der Waals surface area contributed by atoms with Crippen molar-refractivity contribution in [2.75, 3.05) is 0 Å². The second-order valence-corrected chi connectivity index (χ2v) is 14.1. The van der Waals surface area contributed by atoms with Gasteiger partial charge in [0.1, 0.15) is 22.8 Å². The largest absolute Gasteiger partial charge is 0.511 e. The van der Waals surface area contributed by atoms with E-state index in [0.717, 1.165) is 23.6 Å². The van der Waals surface area contributed by atoms with Crippen molar-refractivity contribution in [2.24, 2.45) is 22.7 Å². The molecule has 0 saturated heterocycles. The summed E-state index contributed by atoms with van der Waals surface area (Å²) >= 11 is 0. The summed E-state index contributed by atoms with van der Waals surface area (Å²) in [6, 6.07) is 10.6.